The van der Waals surface area contributed by atoms with Crippen molar-refractivity contribution in [3.05, 3.63) is 40.9 Å². The first-order valence-corrected chi connectivity index (χ1v) is 9.91. The lowest BCUT2D eigenvalue weighted by Crippen LogP contribution is -2.51. The van der Waals surface area contributed by atoms with Crippen LogP contribution in [0.15, 0.2) is 29.6 Å². The SMILES string of the molecule is Cc1csc(-c2cccc(C(=O)N3CCN(C(=O)OC(C)(C)C)CC3)c2)n1. The van der Waals surface area contributed by atoms with Crippen LogP contribution in [0.1, 0.15) is 36.8 Å². The van der Waals surface area contributed by atoms with Crippen LogP contribution in [-0.4, -0.2) is 58.6 Å². The van der Waals surface area contributed by atoms with Crippen LogP contribution in [-0.2, 0) is 4.74 Å². The maximum absolute atomic E-state index is 12.9. The molecule has 3 rings (SSSR count). The first-order chi connectivity index (χ1) is 12.7. The van der Waals surface area contributed by atoms with E-state index in [2.05, 4.69) is 4.98 Å². The normalized spacial score (nSPS) is 15.0. The minimum Gasteiger partial charge on any atom is -0.444 e. The van der Waals surface area contributed by atoms with E-state index in [1.807, 2.05) is 57.3 Å². The van der Waals surface area contributed by atoms with Gasteiger partial charge in [0, 0.05) is 48.4 Å². The molecule has 0 N–H and O–H groups in total. The summed E-state index contributed by atoms with van der Waals surface area (Å²) in [4.78, 5) is 33.0. The maximum Gasteiger partial charge on any atom is 0.410 e. The van der Waals surface area contributed by atoms with Crippen molar-refractivity contribution in [1.82, 2.24) is 14.8 Å². The monoisotopic (exact) mass is 387 g/mol. The van der Waals surface area contributed by atoms with Gasteiger partial charge in [-0.15, -0.1) is 11.3 Å². The first-order valence-electron chi connectivity index (χ1n) is 9.03. The van der Waals surface area contributed by atoms with Gasteiger partial charge in [0.25, 0.3) is 5.91 Å². The molecule has 0 radical (unpaired) electrons. The Morgan fingerprint density at radius 3 is 2.37 bits per heavy atom. The van der Waals surface area contributed by atoms with Gasteiger partial charge in [0.1, 0.15) is 10.6 Å². The predicted octanol–water partition coefficient (Wildman–Crippen LogP) is 3.81. The van der Waals surface area contributed by atoms with E-state index in [1.165, 1.54) is 0 Å². The van der Waals surface area contributed by atoms with Gasteiger partial charge >= 0.3 is 6.09 Å². The van der Waals surface area contributed by atoms with Gasteiger partial charge < -0.3 is 14.5 Å². The summed E-state index contributed by atoms with van der Waals surface area (Å²) in [6.07, 6.45) is -0.323. The molecule has 2 aromatic rings. The second-order valence-electron chi connectivity index (χ2n) is 7.63. The van der Waals surface area contributed by atoms with Crippen LogP contribution < -0.4 is 0 Å². The summed E-state index contributed by atoms with van der Waals surface area (Å²) in [5.41, 5.74) is 2.06. The van der Waals surface area contributed by atoms with E-state index in [-0.39, 0.29) is 12.0 Å². The van der Waals surface area contributed by atoms with Gasteiger partial charge in [-0.1, -0.05) is 12.1 Å². The number of rotatable bonds is 2. The summed E-state index contributed by atoms with van der Waals surface area (Å²) in [6, 6.07) is 7.57. The van der Waals surface area contributed by atoms with Gasteiger partial charge in [-0.25, -0.2) is 9.78 Å². The lowest BCUT2D eigenvalue weighted by molar-refractivity contribution is 0.0141. The van der Waals surface area contributed by atoms with Gasteiger partial charge in [0.05, 0.1) is 0 Å². The summed E-state index contributed by atoms with van der Waals surface area (Å²) in [7, 11) is 0. The smallest absolute Gasteiger partial charge is 0.410 e. The van der Waals surface area contributed by atoms with Crippen LogP contribution in [0.2, 0.25) is 0 Å². The summed E-state index contributed by atoms with van der Waals surface area (Å²) >= 11 is 1.57. The van der Waals surface area contributed by atoms with Crippen molar-refractivity contribution in [2.75, 3.05) is 26.2 Å². The second kappa shape index (κ2) is 7.68. The summed E-state index contributed by atoms with van der Waals surface area (Å²) in [6.45, 7) is 9.46. The quantitative estimate of drug-likeness (QED) is 0.786. The van der Waals surface area contributed by atoms with Crippen LogP contribution in [0, 0.1) is 6.92 Å². The molecule has 2 amide bonds. The minimum atomic E-state index is -0.515. The number of thiazole rings is 1. The van der Waals surface area contributed by atoms with E-state index in [0.717, 1.165) is 16.3 Å². The summed E-state index contributed by atoms with van der Waals surface area (Å²) in [5.74, 6) is -0.0195. The molecule has 7 heteroatoms. The molecule has 1 saturated heterocycles. The average Bonchev–Trinajstić information content (AvgIpc) is 3.06. The Hall–Kier alpha value is -2.41. The number of aromatic nitrogens is 1. The zero-order valence-corrected chi connectivity index (χ0v) is 17.0. The molecule has 0 spiro atoms. The first kappa shape index (κ1) is 19.4. The van der Waals surface area contributed by atoms with E-state index in [0.29, 0.717) is 31.7 Å². The fourth-order valence-corrected chi connectivity index (χ4v) is 3.67. The number of hydrogen-bond acceptors (Lipinski definition) is 5. The fraction of sp³-hybridized carbons (Fsp3) is 0.450. The molecule has 1 fully saturated rings. The van der Waals surface area contributed by atoms with E-state index in [9.17, 15) is 9.59 Å². The van der Waals surface area contributed by atoms with Crippen molar-refractivity contribution in [3.8, 4) is 10.6 Å². The van der Waals surface area contributed by atoms with Crippen molar-refractivity contribution < 1.29 is 14.3 Å². The van der Waals surface area contributed by atoms with Gasteiger partial charge in [0.15, 0.2) is 0 Å². The Labute approximate surface area is 163 Å². The van der Waals surface area contributed by atoms with Crippen LogP contribution in [0.4, 0.5) is 4.79 Å². The number of hydrogen-bond donors (Lipinski definition) is 0. The number of carbonyl (C=O) groups excluding carboxylic acids is 2. The van der Waals surface area contributed by atoms with Crippen molar-refractivity contribution in [3.63, 3.8) is 0 Å². The second-order valence-corrected chi connectivity index (χ2v) is 8.49. The summed E-state index contributed by atoms with van der Waals surface area (Å²) < 4.78 is 5.40. The number of piperazine rings is 1. The Balaban J connectivity index is 1.64. The Bertz CT molecular complexity index is 833. The van der Waals surface area contributed by atoms with Crippen molar-refractivity contribution in [1.29, 1.82) is 0 Å². The van der Waals surface area contributed by atoms with E-state index >= 15 is 0 Å². The van der Waals surface area contributed by atoms with Gasteiger partial charge in [-0.3, -0.25) is 4.79 Å². The molecule has 0 bridgehead atoms. The highest BCUT2D eigenvalue weighted by atomic mass is 32.1. The number of aryl methyl sites for hydroxylation is 1. The predicted molar refractivity (Wildman–Crippen MR) is 106 cm³/mol. The Morgan fingerprint density at radius 2 is 1.78 bits per heavy atom. The molecule has 0 saturated carbocycles. The molecule has 1 aromatic carbocycles. The zero-order chi connectivity index (χ0) is 19.6. The number of ether oxygens (including phenoxy) is 1. The Kier molecular flexibility index (Phi) is 5.51. The standard InChI is InChI=1S/C20H25N3O3S/c1-14-13-27-17(21-14)15-6-5-7-16(12-15)18(24)22-8-10-23(11-9-22)19(25)26-20(2,3)4/h5-7,12-13H,8-11H2,1-4H3. The number of benzene rings is 1. The van der Waals surface area contributed by atoms with Gasteiger partial charge in [0.2, 0.25) is 0 Å². The topological polar surface area (TPSA) is 62.7 Å². The molecule has 0 aliphatic carbocycles. The average molecular weight is 388 g/mol. The van der Waals surface area contributed by atoms with E-state index in [4.69, 9.17) is 4.74 Å². The van der Waals surface area contributed by atoms with Crippen molar-refractivity contribution in [2.45, 2.75) is 33.3 Å². The minimum absolute atomic E-state index is 0.0195. The molecule has 1 aliphatic rings. The van der Waals surface area contributed by atoms with Gasteiger partial charge in [-0.05, 0) is 39.8 Å². The molecular formula is C20H25N3O3S. The van der Waals surface area contributed by atoms with E-state index < -0.39 is 5.60 Å². The Morgan fingerprint density at radius 1 is 1.11 bits per heavy atom. The molecule has 1 aromatic heterocycles. The van der Waals surface area contributed by atoms with Crippen LogP contribution in [0.5, 0.6) is 0 Å². The zero-order valence-electron chi connectivity index (χ0n) is 16.2. The highest BCUT2D eigenvalue weighted by Gasteiger charge is 2.28. The van der Waals surface area contributed by atoms with Gasteiger partial charge in [-0.2, -0.15) is 0 Å². The number of carbonyl (C=O) groups is 2. The largest absolute Gasteiger partial charge is 0.444 e. The maximum atomic E-state index is 12.9. The molecule has 2 heterocycles. The highest BCUT2D eigenvalue weighted by Crippen LogP contribution is 2.25. The lowest BCUT2D eigenvalue weighted by atomic mass is 10.1. The van der Waals surface area contributed by atoms with Crippen molar-refractivity contribution >= 4 is 23.3 Å². The molecule has 6 nitrogen and oxygen atoms in total. The van der Waals surface area contributed by atoms with E-state index in [1.54, 1.807) is 21.1 Å². The van der Waals surface area contributed by atoms with Crippen molar-refractivity contribution in [2.24, 2.45) is 0 Å². The third kappa shape index (κ3) is 4.86. The van der Waals surface area contributed by atoms with Crippen LogP contribution in [0.25, 0.3) is 10.6 Å². The van der Waals surface area contributed by atoms with Crippen LogP contribution in [0.3, 0.4) is 0 Å². The third-order valence-corrected chi connectivity index (χ3v) is 5.20. The third-order valence-electron chi connectivity index (χ3n) is 4.19. The van der Waals surface area contributed by atoms with Crippen LogP contribution >= 0.6 is 11.3 Å². The highest BCUT2D eigenvalue weighted by molar-refractivity contribution is 7.13. The number of nitrogens with zero attached hydrogens (tertiary/aromatic N) is 3. The number of amides is 2. The summed E-state index contributed by atoms with van der Waals surface area (Å²) in [5, 5.41) is 2.91. The molecule has 0 atom stereocenters. The molecule has 27 heavy (non-hydrogen) atoms. The lowest BCUT2D eigenvalue weighted by Gasteiger charge is -2.35. The molecule has 144 valence electrons. The molecule has 0 unspecified atom stereocenters. The fourth-order valence-electron chi connectivity index (χ4n) is 2.87. The molecular weight excluding hydrogens is 362 g/mol. The molecule has 1 aliphatic heterocycles.